The van der Waals surface area contributed by atoms with Crippen molar-refractivity contribution in [1.82, 2.24) is 14.9 Å². The third kappa shape index (κ3) is 3.20. The number of hydrogen-bond donors (Lipinski definition) is 1. The van der Waals surface area contributed by atoms with Crippen LogP contribution in [0.25, 0.3) is 0 Å². The van der Waals surface area contributed by atoms with Crippen LogP contribution in [0, 0.1) is 0 Å². The fraction of sp³-hybridized carbons (Fsp3) is 0.733. The molecule has 1 aromatic heterocycles. The van der Waals surface area contributed by atoms with Crippen molar-refractivity contribution >= 4 is 5.97 Å². The van der Waals surface area contributed by atoms with Gasteiger partial charge in [0.25, 0.3) is 0 Å². The lowest BCUT2D eigenvalue weighted by molar-refractivity contribution is -0.154. The summed E-state index contributed by atoms with van der Waals surface area (Å²) < 4.78 is 7.43. The number of rotatable bonds is 5. The van der Waals surface area contributed by atoms with Crippen LogP contribution in [0.5, 0.6) is 0 Å². The molecule has 1 aliphatic carbocycles. The number of nitrogens with zero attached hydrogens (tertiary/aromatic N) is 2. The average Bonchev–Trinajstić information content (AvgIpc) is 2.92. The average molecular weight is 279 g/mol. The molecule has 2 unspecified atom stereocenters. The minimum Gasteiger partial charge on any atom is -0.465 e. The first kappa shape index (κ1) is 15.0. The summed E-state index contributed by atoms with van der Waals surface area (Å²) in [5.74, 6) is -0.112. The van der Waals surface area contributed by atoms with E-state index in [1.54, 1.807) is 6.20 Å². The first-order valence-electron chi connectivity index (χ1n) is 7.50. The molecule has 2 rings (SSSR count). The van der Waals surface area contributed by atoms with Gasteiger partial charge in [-0.1, -0.05) is 0 Å². The summed E-state index contributed by atoms with van der Waals surface area (Å²) in [5, 5.41) is 3.46. The predicted molar refractivity (Wildman–Crippen MR) is 77.4 cm³/mol. The zero-order chi connectivity index (χ0) is 14.6. The third-order valence-corrected chi connectivity index (χ3v) is 3.90. The Morgan fingerprint density at radius 2 is 2.40 bits per heavy atom. The molecule has 5 nitrogen and oxygen atoms in total. The van der Waals surface area contributed by atoms with E-state index >= 15 is 0 Å². The van der Waals surface area contributed by atoms with E-state index in [-0.39, 0.29) is 12.0 Å². The van der Waals surface area contributed by atoms with Crippen LogP contribution in [-0.2, 0) is 9.53 Å². The van der Waals surface area contributed by atoms with E-state index in [9.17, 15) is 4.79 Å². The minimum absolute atomic E-state index is 0.112. The molecule has 1 heterocycles. The van der Waals surface area contributed by atoms with Crippen LogP contribution in [0.2, 0.25) is 0 Å². The molecule has 1 fully saturated rings. The summed E-state index contributed by atoms with van der Waals surface area (Å²) in [6.07, 6.45) is 9.30. The summed E-state index contributed by atoms with van der Waals surface area (Å²) in [4.78, 5) is 16.6. The molecule has 20 heavy (non-hydrogen) atoms. The van der Waals surface area contributed by atoms with Gasteiger partial charge in [0.05, 0.1) is 12.9 Å². The maximum Gasteiger partial charge on any atom is 0.326 e. The molecule has 5 heteroatoms. The second-order valence-corrected chi connectivity index (χ2v) is 5.86. The van der Waals surface area contributed by atoms with Crippen LogP contribution in [0.15, 0.2) is 18.7 Å². The molecule has 1 saturated carbocycles. The van der Waals surface area contributed by atoms with Crippen LogP contribution in [0.3, 0.4) is 0 Å². The van der Waals surface area contributed by atoms with E-state index < -0.39 is 5.54 Å². The molecule has 1 aromatic rings. The Morgan fingerprint density at radius 1 is 1.60 bits per heavy atom. The van der Waals surface area contributed by atoms with Crippen molar-refractivity contribution in [2.75, 3.05) is 6.61 Å². The highest BCUT2D eigenvalue weighted by Crippen LogP contribution is 2.36. The predicted octanol–water partition coefficient (Wildman–Crippen LogP) is 2.30. The molecule has 0 amide bonds. The van der Waals surface area contributed by atoms with Gasteiger partial charge in [-0.05, 0) is 46.5 Å². The lowest BCUT2D eigenvalue weighted by Crippen LogP contribution is -2.57. The first-order chi connectivity index (χ1) is 9.57. The summed E-state index contributed by atoms with van der Waals surface area (Å²) in [6.45, 7) is 6.43. The third-order valence-electron chi connectivity index (χ3n) is 3.90. The van der Waals surface area contributed by atoms with Crippen molar-refractivity contribution in [2.24, 2.45) is 0 Å². The second-order valence-electron chi connectivity index (χ2n) is 5.86. The van der Waals surface area contributed by atoms with Gasteiger partial charge in [-0.3, -0.25) is 10.1 Å². The number of esters is 1. The molecule has 2 atom stereocenters. The van der Waals surface area contributed by atoms with Gasteiger partial charge in [-0.25, -0.2) is 4.98 Å². The van der Waals surface area contributed by atoms with Crippen molar-refractivity contribution in [3.8, 4) is 0 Å². The number of carbonyl (C=O) groups excluding carboxylic acids is 1. The van der Waals surface area contributed by atoms with E-state index in [0.29, 0.717) is 12.6 Å². The van der Waals surface area contributed by atoms with Crippen LogP contribution >= 0.6 is 0 Å². The summed E-state index contributed by atoms with van der Waals surface area (Å²) >= 11 is 0. The van der Waals surface area contributed by atoms with E-state index in [4.69, 9.17) is 4.74 Å². The number of aromatic nitrogens is 2. The molecule has 0 aliphatic heterocycles. The van der Waals surface area contributed by atoms with Crippen molar-refractivity contribution in [3.63, 3.8) is 0 Å². The van der Waals surface area contributed by atoms with Gasteiger partial charge in [-0.2, -0.15) is 0 Å². The zero-order valence-electron chi connectivity index (χ0n) is 12.6. The van der Waals surface area contributed by atoms with Gasteiger partial charge in [0.2, 0.25) is 0 Å². The molecule has 0 spiro atoms. The fourth-order valence-corrected chi connectivity index (χ4v) is 3.18. The van der Waals surface area contributed by atoms with Crippen molar-refractivity contribution < 1.29 is 9.53 Å². The Bertz CT molecular complexity index is 430. The molecular weight excluding hydrogens is 254 g/mol. The first-order valence-corrected chi connectivity index (χ1v) is 7.50. The maximum atomic E-state index is 12.5. The number of hydrogen-bond acceptors (Lipinski definition) is 4. The van der Waals surface area contributed by atoms with E-state index in [1.807, 2.05) is 19.4 Å². The quantitative estimate of drug-likeness (QED) is 0.840. The SMILES string of the molecule is CCOC(=O)C1(NC(C)C)CCCC(n2ccnc2)C1. The Hall–Kier alpha value is -1.36. The van der Waals surface area contributed by atoms with Crippen LogP contribution < -0.4 is 5.32 Å². The zero-order valence-corrected chi connectivity index (χ0v) is 12.6. The second kappa shape index (κ2) is 6.39. The Kier molecular flexibility index (Phi) is 4.81. The molecule has 0 saturated heterocycles. The highest BCUT2D eigenvalue weighted by atomic mass is 16.5. The number of imidazole rings is 1. The van der Waals surface area contributed by atoms with Gasteiger partial charge in [0.15, 0.2) is 0 Å². The minimum atomic E-state index is -0.558. The lowest BCUT2D eigenvalue weighted by atomic mass is 9.78. The number of carbonyl (C=O) groups is 1. The highest BCUT2D eigenvalue weighted by molar-refractivity contribution is 5.81. The monoisotopic (exact) mass is 279 g/mol. The molecule has 0 bridgehead atoms. The summed E-state index contributed by atoms with van der Waals surface area (Å²) in [7, 11) is 0. The highest BCUT2D eigenvalue weighted by Gasteiger charge is 2.44. The Balaban J connectivity index is 2.19. The molecule has 1 N–H and O–H groups in total. The van der Waals surface area contributed by atoms with E-state index in [1.165, 1.54) is 0 Å². The molecule has 1 aliphatic rings. The topological polar surface area (TPSA) is 56.1 Å². The fourth-order valence-electron chi connectivity index (χ4n) is 3.18. The van der Waals surface area contributed by atoms with Gasteiger partial charge in [0, 0.05) is 24.5 Å². The van der Waals surface area contributed by atoms with E-state index in [2.05, 4.69) is 28.7 Å². The molecule has 112 valence electrons. The van der Waals surface area contributed by atoms with Crippen molar-refractivity contribution in [2.45, 2.75) is 64.1 Å². The number of ether oxygens (including phenoxy) is 1. The largest absolute Gasteiger partial charge is 0.465 e. The lowest BCUT2D eigenvalue weighted by Gasteiger charge is -2.41. The van der Waals surface area contributed by atoms with Gasteiger partial charge >= 0.3 is 5.97 Å². The maximum absolute atomic E-state index is 12.5. The normalized spacial score (nSPS) is 26.7. The van der Waals surface area contributed by atoms with Gasteiger partial charge in [0.1, 0.15) is 5.54 Å². The summed E-state index contributed by atoms with van der Waals surface area (Å²) in [5.41, 5.74) is -0.558. The smallest absolute Gasteiger partial charge is 0.326 e. The molecule has 0 aromatic carbocycles. The van der Waals surface area contributed by atoms with E-state index in [0.717, 1.165) is 25.7 Å². The molecular formula is C15H25N3O2. The van der Waals surface area contributed by atoms with Crippen LogP contribution in [0.1, 0.15) is 52.5 Å². The Morgan fingerprint density at radius 3 is 3.00 bits per heavy atom. The summed E-state index contributed by atoms with van der Waals surface area (Å²) in [6, 6.07) is 0.558. The van der Waals surface area contributed by atoms with Crippen LogP contribution in [-0.4, -0.2) is 33.7 Å². The van der Waals surface area contributed by atoms with Crippen molar-refractivity contribution in [3.05, 3.63) is 18.7 Å². The van der Waals surface area contributed by atoms with Gasteiger partial charge in [-0.15, -0.1) is 0 Å². The molecule has 0 radical (unpaired) electrons. The Labute approximate surface area is 120 Å². The number of nitrogens with one attached hydrogen (secondary N) is 1. The standard InChI is InChI=1S/C15H25N3O2/c1-4-20-14(19)15(17-12(2)3)7-5-6-13(10-15)18-9-8-16-11-18/h8-9,11-13,17H,4-7,10H2,1-3H3. The van der Waals surface area contributed by atoms with Gasteiger partial charge < -0.3 is 9.30 Å². The van der Waals surface area contributed by atoms with Crippen molar-refractivity contribution in [1.29, 1.82) is 0 Å². The van der Waals surface area contributed by atoms with Crippen LogP contribution in [0.4, 0.5) is 0 Å².